The standard InChI is InChI=1S/C22H27FN6O3/c1-21(2,3)32-20(30)28-12-9-22(31,10-13-28)14-18-24-11-8-17-26-19(27-29(17)18)25-16-6-4-15(23)5-7-16/h4-8,11,31H,9-10,12-14H2,1-3H3,(H,25,27). The van der Waals surface area contributed by atoms with E-state index in [0.717, 1.165) is 0 Å². The zero-order valence-electron chi connectivity index (χ0n) is 18.4. The third-order valence-corrected chi connectivity index (χ3v) is 5.26. The molecule has 1 aliphatic heterocycles. The summed E-state index contributed by atoms with van der Waals surface area (Å²) in [5.74, 6) is 0.587. The maximum absolute atomic E-state index is 13.1. The lowest BCUT2D eigenvalue weighted by Crippen LogP contribution is -2.49. The van der Waals surface area contributed by atoms with Crippen molar-refractivity contribution in [3.63, 3.8) is 0 Å². The molecule has 1 saturated heterocycles. The lowest BCUT2D eigenvalue weighted by Gasteiger charge is -2.38. The lowest BCUT2D eigenvalue weighted by molar-refractivity contribution is -0.0327. The minimum atomic E-state index is -1.02. The number of hydrogen-bond donors (Lipinski definition) is 2. The van der Waals surface area contributed by atoms with E-state index in [-0.39, 0.29) is 18.3 Å². The highest BCUT2D eigenvalue weighted by Crippen LogP contribution is 2.27. The summed E-state index contributed by atoms with van der Waals surface area (Å²) in [5.41, 5.74) is -0.340. The summed E-state index contributed by atoms with van der Waals surface area (Å²) < 4.78 is 20.1. The first-order valence-corrected chi connectivity index (χ1v) is 10.5. The number of nitrogens with one attached hydrogen (secondary N) is 1. The largest absolute Gasteiger partial charge is 0.444 e. The molecule has 1 aliphatic rings. The van der Waals surface area contributed by atoms with E-state index in [1.807, 2.05) is 20.8 Å². The highest BCUT2D eigenvalue weighted by molar-refractivity contribution is 5.68. The monoisotopic (exact) mass is 442 g/mol. The molecule has 0 spiro atoms. The molecule has 3 heterocycles. The first-order valence-electron chi connectivity index (χ1n) is 10.5. The van der Waals surface area contributed by atoms with Crippen molar-refractivity contribution in [1.82, 2.24) is 24.5 Å². The van der Waals surface area contributed by atoms with Crippen LogP contribution in [-0.2, 0) is 11.2 Å². The van der Waals surface area contributed by atoms with Crippen LogP contribution in [0.15, 0.2) is 36.5 Å². The Labute approximate surface area is 185 Å². The van der Waals surface area contributed by atoms with Crippen LogP contribution in [0.25, 0.3) is 5.65 Å². The molecule has 1 fully saturated rings. The molecule has 1 aromatic carbocycles. The Kier molecular flexibility index (Phi) is 5.72. The van der Waals surface area contributed by atoms with Crippen molar-refractivity contribution in [3.05, 3.63) is 48.2 Å². The number of fused-ring (bicyclic) bond motifs is 1. The molecular formula is C22H27FN6O3. The van der Waals surface area contributed by atoms with Gasteiger partial charge in [0.15, 0.2) is 5.65 Å². The number of piperidine rings is 1. The zero-order chi connectivity index (χ0) is 22.9. The third kappa shape index (κ3) is 5.13. The summed E-state index contributed by atoms with van der Waals surface area (Å²) in [6.07, 6.45) is 2.33. The highest BCUT2D eigenvalue weighted by atomic mass is 19.1. The van der Waals surface area contributed by atoms with Gasteiger partial charge < -0.3 is 20.1 Å². The smallest absolute Gasteiger partial charge is 0.410 e. The number of anilines is 2. The number of aliphatic hydroxyl groups is 1. The fraction of sp³-hybridized carbons (Fsp3) is 0.455. The molecule has 32 heavy (non-hydrogen) atoms. The van der Waals surface area contributed by atoms with Crippen LogP contribution in [-0.4, -0.2) is 60.0 Å². The minimum Gasteiger partial charge on any atom is -0.444 e. The molecule has 9 nitrogen and oxygen atoms in total. The maximum atomic E-state index is 13.1. The molecule has 0 radical (unpaired) electrons. The van der Waals surface area contributed by atoms with E-state index in [0.29, 0.717) is 49.0 Å². The molecule has 0 aliphatic carbocycles. The fourth-order valence-corrected chi connectivity index (χ4v) is 3.61. The second kappa shape index (κ2) is 8.34. The molecular weight excluding hydrogens is 415 g/mol. The summed E-state index contributed by atoms with van der Waals surface area (Å²) >= 11 is 0. The number of benzene rings is 1. The van der Waals surface area contributed by atoms with E-state index in [1.54, 1.807) is 33.8 Å². The Morgan fingerprint density at radius 1 is 1.22 bits per heavy atom. The van der Waals surface area contributed by atoms with Crippen LogP contribution in [0.5, 0.6) is 0 Å². The Balaban J connectivity index is 1.45. The summed E-state index contributed by atoms with van der Waals surface area (Å²) in [5, 5.41) is 18.6. The van der Waals surface area contributed by atoms with E-state index in [9.17, 15) is 14.3 Å². The molecule has 4 rings (SSSR count). The number of rotatable bonds is 4. The molecule has 170 valence electrons. The van der Waals surface area contributed by atoms with Gasteiger partial charge in [-0.15, -0.1) is 5.10 Å². The first-order chi connectivity index (χ1) is 15.1. The fourth-order valence-electron chi connectivity index (χ4n) is 3.61. The molecule has 2 aromatic heterocycles. The number of nitrogens with zero attached hydrogens (tertiary/aromatic N) is 5. The molecule has 10 heteroatoms. The summed E-state index contributed by atoms with van der Waals surface area (Å²) in [6, 6.07) is 7.62. The lowest BCUT2D eigenvalue weighted by atomic mass is 9.88. The van der Waals surface area contributed by atoms with Gasteiger partial charge in [-0.05, 0) is 57.9 Å². The predicted octanol–water partition coefficient (Wildman–Crippen LogP) is 3.31. The van der Waals surface area contributed by atoms with Gasteiger partial charge in [0.05, 0.1) is 5.60 Å². The van der Waals surface area contributed by atoms with Crippen LogP contribution in [0.4, 0.5) is 20.8 Å². The topological polar surface area (TPSA) is 105 Å². The van der Waals surface area contributed by atoms with E-state index in [2.05, 4.69) is 20.4 Å². The van der Waals surface area contributed by atoms with Crippen molar-refractivity contribution in [2.24, 2.45) is 0 Å². The third-order valence-electron chi connectivity index (χ3n) is 5.26. The predicted molar refractivity (Wildman–Crippen MR) is 116 cm³/mol. The van der Waals surface area contributed by atoms with Crippen molar-refractivity contribution in [2.75, 3.05) is 18.4 Å². The van der Waals surface area contributed by atoms with Crippen molar-refractivity contribution in [2.45, 2.75) is 51.2 Å². The van der Waals surface area contributed by atoms with E-state index < -0.39 is 11.2 Å². The normalized spacial score (nSPS) is 16.2. The Hall–Kier alpha value is -3.27. The number of halogens is 1. The average Bonchev–Trinajstić information content (AvgIpc) is 3.12. The number of aromatic nitrogens is 4. The van der Waals surface area contributed by atoms with E-state index in [4.69, 9.17) is 4.74 Å². The SMILES string of the molecule is CC(C)(C)OC(=O)N1CCC(O)(Cc2nccc3nc(Nc4ccc(F)cc4)nn23)CC1. The van der Waals surface area contributed by atoms with Gasteiger partial charge in [-0.3, -0.25) is 0 Å². The second-order valence-electron chi connectivity index (χ2n) is 9.07. The van der Waals surface area contributed by atoms with Crippen molar-refractivity contribution < 1.29 is 19.0 Å². The van der Waals surface area contributed by atoms with Crippen LogP contribution in [0.2, 0.25) is 0 Å². The average molecular weight is 442 g/mol. The molecule has 0 unspecified atom stereocenters. The van der Waals surface area contributed by atoms with Crippen molar-refractivity contribution >= 4 is 23.4 Å². The summed E-state index contributed by atoms with van der Waals surface area (Å²) in [6.45, 7) is 6.28. The number of ether oxygens (including phenoxy) is 1. The highest BCUT2D eigenvalue weighted by Gasteiger charge is 2.36. The van der Waals surface area contributed by atoms with Crippen molar-refractivity contribution in [3.8, 4) is 0 Å². The molecule has 2 N–H and O–H groups in total. The second-order valence-corrected chi connectivity index (χ2v) is 9.07. The maximum Gasteiger partial charge on any atom is 0.410 e. The van der Waals surface area contributed by atoms with Gasteiger partial charge in [-0.25, -0.2) is 14.2 Å². The molecule has 0 bridgehead atoms. The van der Waals surface area contributed by atoms with Gasteiger partial charge in [0.1, 0.15) is 17.2 Å². The van der Waals surface area contributed by atoms with Gasteiger partial charge in [-0.2, -0.15) is 9.50 Å². The van der Waals surface area contributed by atoms with Crippen LogP contribution in [0.1, 0.15) is 39.4 Å². The number of carbonyl (C=O) groups excluding carboxylic acids is 1. The zero-order valence-corrected chi connectivity index (χ0v) is 18.4. The number of likely N-dealkylation sites (tertiary alicyclic amines) is 1. The van der Waals surface area contributed by atoms with Crippen LogP contribution in [0.3, 0.4) is 0 Å². The van der Waals surface area contributed by atoms with Crippen LogP contribution < -0.4 is 5.32 Å². The first kappa shape index (κ1) is 21.9. The van der Waals surface area contributed by atoms with Gasteiger partial charge in [0.2, 0.25) is 5.95 Å². The summed E-state index contributed by atoms with van der Waals surface area (Å²) in [4.78, 5) is 22.7. The Morgan fingerprint density at radius 3 is 2.56 bits per heavy atom. The van der Waals surface area contributed by atoms with Gasteiger partial charge >= 0.3 is 6.09 Å². The van der Waals surface area contributed by atoms with E-state index >= 15 is 0 Å². The van der Waals surface area contributed by atoms with Crippen LogP contribution in [0, 0.1) is 5.82 Å². The van der Waals surface area contributed by atoms with Crippen molar-refractivity contribution in [1.29, 1.82) is 0 Å². The Morgan fingerprint density at radius 2 is 1.91 bits per heavy atom. The van der Waals surface area contributed by atoms with Crippen LogP contribution >= 0.6 is 0 Å². The number of amides is 1. The Bertz CT molecular complexity index is 1100. The summed E-state index contributed by atoms with van der Waals surface area (Å²) in [7, 11) is 0. The minimum absolute atomic E-state index is 0.270. The van der Waals surface area contributed by atoms with E-state index in [1.165, 1.54) is 12.1 Å². The van der Waals surface area contributed by atoms with Gasteiger partial charge in [-0.1, -0.05) is 0 Å². The number of hydrogen-bond acceptors (Lipinski definition) is 7. The molecule has 0 saturated carbocycles. The number of carbonyl (C=O) groups is 1. The van der Waals surface area contributed by atoms with Gasteiger partial charge in [0, 0.05) is 37.5 Å². The molecule has 0 atom stereocenters. The molecule has 1 amide bonds. The molecule has 3 aromatic rings. The van der Waals surface area contributed by atoms with Gasteiger partial charge in [0.25, 0.3) is 0 Å². The quantitative estimate of drug-likeness (QED) is 0.639.